The zero-order chi connectivity index (χ0) is 25.9. The Morgan fingerprint density at radius 1 is 0.658 bits per heavy atom. The molecule has 184 valence electrons. The molecule has 0 unspecified atom stereocenters. The molecule has 2 heterocycles. The number of benzene rings is 4. The first-order chi connectivity index (χ1) is 18.7. The molecule has 1 aliphatic rings. The van der Waals surface area contributed by atoms with Crippen molar-refractivity contribution in [2.24, 2.45) is 0 Å². The van der Waals surface area contributed by atoms with Crippen LogP contribution in [0.2, 0.25) is 0 Å². The maximum absolute atomic E-state index is 4.66. The summed E-state index contributed by atoms with van der Waals surface area (Å²) in [6.07, 6.45) is 9.21. The lowest BCUT2D eigenvalue weighted by molar-refractivity contribution is 1.07. The Labute approximate surface area is 223 Å². The molecule has 4 aromatic carbocycles. The fourth-order valence-corrected chi connectivity index (χ4v) is 4.80. The van der Waals surface area contributed by atoms with Crippen LogP contribution in [-0.2, 0) is 0 Å². The molecule has 0 saturated heterocycles. The molecule has 1 aromatic heterocycles. The first kappa shape index (κ1) is 23.4. The first-order valence-corrected chi connectivity index (χ1v) is 12.8. The summed E-state index contributed by atoms with van der Waals surface area (Å²) in [5.74, 6) is 1.61. The first-order valence-electron chi connectivity index (χ1n) is 12.8. The molecule has 0 fully saturated rings. The van der Waals surface area contributed by atoms with E-state index in [2.05, 4.69) is 142 Å². The van der Waals surface area contributed by atoms with Gasteiger partial charge in [0.25, 0.3) is 0 Å². The lowest BCUT2D eigenvalue weighted by Gasteiger charge is -2.28. The zero-order valence-electron chi connectivity index (χ0n) is 21.3. The summed E-state index contributed by atoms with van der Waals surface area (Å²) >= 11 is 0. The third-order valence-electron chi connectivity index (χ3n) is 6.74. The van der Waals surface area contributed by atoms with E-state index >= 15 is 0 Å². The molecule has 4 heteroatoms. The molecule has 0 amide bonds. The smallest absolute Gasteiger partial charge is 0.168 e. The minimum Gasteiger partial charge on any atom is -0.314 e. The molecule has 0 atom stereocenters. The number of allylic oxidation sites excluding steroid dienone is 3. The summed E-state index contributed by atoms with van der Waals surface area (Å²) in [7, 11) is 0. The molecule has 38 heavy (non-hydrogen) atoms. The van der Waals surface area contributed by atoms with Gasteiger partial charge in [-0.15, -0.1) is 10.2 Å². The monoisotopic (exact) mass is 492 g/mol. The Hall–Kier alpha value is -4.96. The number of aryl methyl sites for hydroxylation is 1. The normalized spacial score (nSPS) is 13.1. The minimum absolute atomic E-state index is 0.767. The van der Waals surface area contributed by atoms with Gasteiger partial charge in [0.1, 0.15) is 0 Å². The summed E-state index contributed by atoms with van der Waals surface area (Å²) in [6.45, 7) is 6.50. The lowest BCUT2D eigenvalue weighted by Crippen LogP contribution is -2.16. The molecule has 4 nitrogen and oxygen atoms in total. The average molecular weight is 493 g/mol. The number of hydrogen-bond donors (Lipinski definition) is 0. The van der Waals surface area contributed by atoms with Gasteiger partial charge in [0.2, 0.25) is 0 Å². The standard InChI is InChI=1S/C34H28N4/c1-25-17-19-28(20-18-25)33-35-36-34(38(33)30-14-7-4-8-15-30)29-21-23-31(24-22-29)37-26(2)11-5-3-6-12-27-13-9-10-16-32(27)37/h3-10,12-24H,2,11H2,1H3. The SMILES string of the molecule is C=C1CC=CC=Cc2ccccc2N1c1ccc(-c2nnc(-c3ccc(C)cc3)n2-c2ccccc2)cc1. The van der Waals surface area contributed by atoms with Gasteiger partial charge >= 0.3 is 0 Å². The van der Waals surface area contributed by atoms with Crippen LogP contribution in [0.25, 0.3) is 34.5 Å². The number of para-hydroxylation sites is 2. The molecule has 1 aliphatic heterocycles. The number of rotatable bonds is 4. The van der Waals surface area contributed by atoms with Crippen LogP contribution in [0.1, 0.15) is 17.5 Å². The average Bonchev–Trinajstić information content (AvgIpc) is 3.42. The van der Waals surface area contributed by atoms with Gasteiger partial charge in [0, 0.05) is 34.6 Å². The van der Waals surface area contributed by atoms with Crippen molar-refractivity contribution in [1.29, 1.82) is 0 Å². The van der Waals surface area contributed by atoms with Crippen LogP contribution >= 0.6 is 0 Å². The summed E-state index contributed by atoms with van der Waals surface area (Å²) in [5.41, 5.74) is 8.58. The second-order valence-electron chi connectivity index (χ2n) is 9.38. The van der Waals surface area contributed by atoms with Crippen molar-refractivity contribution in [3.63, 3.8) is 0 Å². The van der Waals surface area contributed by atoms with Crippen LogP contribution in [0.3, 0.4) is 0 Å². The number of anilines is 2. The fraction of sp³-hybridized carbons (Fsp3) is 0.0588. The quantitative estimate of drug-likeness (QED) is 0.252. The van der Waals surface area contributed by atoms with E-state index < -0.39 is 0 Å². The Morgan fingerprint density at radius 2 is 1.29 bits per heavy atom. The third kappa shape index (κ3) is 4.48. The topological polar surface area (TPSA) is 34.0 Å². The van der Waals surface area contributed by atoms with Crippen molar-refractivity contribution >= 4 is 17.5 Å². The van der Waals surface area contributed by atoms with Gasteiger partial charge in [-0.3, -0.25) is 4.57 Å². The summed E-state index contributed by atoms with van der Waals surface area (Å²) in [6, 6.07) is 35.6. The van der Waals surface area contributed by atoms with E-state index in [0.29, 0.717) is 0 Å². The summed E-state index contributed by atoms with van der Waals surface area (Å²) in [4.78, 5) is 2.23. The number of fused-ring (bicyclic) bond motifs is 1. The number of aromatic nitrogens is 3. The van der Waals surface area contributed by atoms with Crippen molar-refractivity contribution in [3.05, 3.63) is 145 Å². The van der Waals surface area contributed by atoms with Gasteiger partial charge < -0.3 is 4.90 Å². The van der Waals surface area contributed by atoms with E-state index in [1.54, 1.807) is 0 Å². The fourth-order valence-electron chi connectivity index (χ4n) is 4.80. The van der Waals surface area contributed by atoms with Gasteiger partial charge in [-0.25, -0.2) is 0 Å². The second kappa shape index (κ2) is 10.2. The Bertz CT molecular complexity index is 1640. The largest absolute Gasteiger partial charge is 0.314 e. The number of nitrogens with zero attached hydrogens (tertiary/aromatic N) is 4. The van der Waals surface area contributed by atoms with Crippen LogP contribution in [-0.4, -0.2) is 14.8 Å². The summed E-state index contributed by atoms with van der Waals surface area (Å²) in [5, 5.41) is 9.29. The van der Waals surface area contributed by atoms with Crippen LogP contribution < -0.4 is 4.90 Å². The van der Waals surface area contributed by atoms with Gasteiger partial charge in [-0.1, -0.05) is 97.1 Å². The maximum atomic E-state index is 4.66. The minimum atomic E-state index is 0.767. The van der Waals surface area contributed by atoms with Crippen LogP contribution in [0.15, 0.2) is 134 Å². The van der Waals surface area contributed by atoms with Gasteiger partial charge in [-0.2, -0.15) is 0 Å². The highest BCUT2D eigenvalue weighted by atomic mass is 15.3. The molecule has 0 N–H and O–H groups in total. The highest BCUT2D eigenvalue weighted by molar-refractivity contribution is 5.79. The van der Waals surface area contributed by atoms with Crippen LogP contribution in [0, 0.1) is 6.92 Å². The Morgan fingerprint density at radius 3 is 2.00 bits per heavy atom. The molecule has 0 radical (unpaired) electrons. The van der Waals surface area contributed by atoms with Crippen molar-refractivity contribution in [2.45, 2.75) is 13.3 Å². The molecule has 0 spiro atoms. The van der Waals surface area contributed by atoms with Crippen LogP contribution in [0.5, 0.6) is 0 Å². The van der Waals surface area contributed by atoms with Gasteiger partial charge in [0.15, 0.2) is 11.6 Å². The highest BCUT2D eigenvalue weighted by Gasteiger charge is 2.19. The molecule has 5 aromatic rings. The molecule has 0 bridgehead atoms. The van der Waals surface area contributed by atoms with E-state index in [4.69, 9.17) is 0 Å². The van der Waals surface area contributed by atoms with Crippen molar-refractivity contribution in [2.75, 3.05) is 4.90 Å². The van der Waals surface area contributed by atoms with Crippen molar-refractivity contribution in [1.82, 2.24) is 14.8 Å². The van der Waals surface area contributed by atoms with E-state index in [9.17, 15) is 0 Å². The third-order valence-corrected chi connectivity index (χ3v) is 6.74. The molecule has 6 rings (SSSR count). The van der Waals surface area contributed by atoms with E-state index in [1.165, 1.54) is 5.56 Å². The predicted molar refractivity (Wildman–Crippen MR) is 157 cm³/mol. The predicted octanol–water partition coefficient (Wildman–Crippen LogP) is 8.53. The molecular formula is C34H28N4. The summed E-state index contributed by atoms with van der Waals surface area (Å²) < 4.78 is 2.13. The van der Waals surface area contributed by atoms with Crippen molar-refractivity contribution < 1.29 is 0 Å². The molecule has 0 aliphatic carbocycles. The highest BCUT2D eigenvalue weighted by Crippen LogP contribution is 2.36. The zero-order valence-corrected chi connectivity index (χ0v) is 21.3. The number of hydrogen-bond acceptors (Lipinski definition) is 3. The van der Waals surface area contributed by atoms with Crippen LogP contribution in [0.4, 0.5) is 11.4 Å². The Kier molecular flexibility index (Phi) is 6.29. The molecule has 0 saturated carbocycles. The van der Waals surface area contributed by atoms with E-state index in [1.807, 2.05) is 18.2 Å². The molecular weight excluding hydrogens is 464 g/mol. The van der Waals surface area contributed by atoms with Gasteiger partial charge in [0.05, 0.1) is 5.69 Å². The maximum Gasteiger partial charge on any atom is 0.168 e. The second-order valence-corrected chi connectivity index (χ2v) is 9.38. The van der Waals surface area contributed by atoms with Crippen molar-refractivity contribution in [3.8, 4) is 28.5 Å². The lowest BCUT2D eigenvalue weighted by atomic mass is 10.1. The van der Waals surface area contributed by atoms with E-state index in [-0.39, 0.29) is 0 Å². The van der Waals surface area contributed by atoms with Gasteiger partial charge in [-0.05, 0) is 55.0 Å². The van der Waals surface area contributed by atoms with E-state index in [0.717, 1.165) is 57.5 Å². The Balaban J connectivity index is 1.44.